The summed E-state index contributed by atoms with van der Waals surface area (Å²) in [5, 5.41) is 4.23. The summed E-state index contributed by atoms with van der Waals surface area (Å²) in [5.41, 5.74) is 3.44. The van der Waals surface area contributed by atoms with E-state index in [2.05, 4.69) is 10.00 Å². The number of rotatable bonds is 3. The van der Waals surface area contributed by atoms with Crippen LogP contribution in [0.3, 0.4) is 0 Å². The lowest BCUT2D eigenvalue weighted by Gasteiger charge is -2.25. The van der Waals surface area contributed by atoms with Gasteiger partial charge in [0.05, 0.1) is 17.8 Å². The number of ether oxygens (including phenoxy) is 1. The van der Waals surface area contributed by atoms with Gasteiger partial charge in [-0.1, -0.05) is 18.2 Å². The number of benzene rings is 2. The van der Waals surface area contributed by atoms with Crippen molar-refractivity contribution in [3.8, 4) is 16.9 Å². The van der Waals surface area contributed by atoms with Gasteiger partial charge in [0.25, 0.3) is 5.91 Å². The Morgan fingerprint density at radius 1 is 1.13 bits per heavy atom. The summed E-state index contributed by atoms with van der Waals surface area (Å²) in [6, 6.07) is 12.3. The van der Waals surface area contributed by atoms with Gasteiger partial charge in [-0.15, -0.1) is 0 Å². The molecule has 0 saturated carbocycles. The first kappa shape index (κ1) is 18.8. The molecule has 154 valence electrons. The number of aromatic nitrogens is 2. The van der Waals surface area contributed by atoms with Crippen LogP contribution in [0.2, 0.25) is 0 Å². The van der Waals surface area contributed by atoms with Crippen LogP contribution in [0.25, 0.3) is 11.1 Å². The second kappa shape index (κ2) is 7.25. The molecule has 5 rings (SSSR count). The molecule has 0 unspecified atom stereocenters. The first-order valence-electron chi connectivity index (χ1n) is 10.0. The predicted octanol–water partition coefficient (Wildman–Crippen LogP) is 2.94. The second-order valence-corrected chi connectivity index (χ2v) is 8.08. The van der Waals surface area contributed by atoms with Crippen molar-refractivity contribution in [3.63, 3.8) is 0 Å². The summed E-state index contributed by atoms with van der Waals surface area (Å²) < 4.78 is 21.7. The molecule has 0 bridgehead atoms. The van der Waals surface area contributed by atoms with Gasteiger partial charge in [0, 0.05) is 45.5 Å². The maximum atomic E-state index is 13.5. The molecular formula is C23H23FN4O2. The van der Waals surface area contributed by atoms with Crippen LogP contribution in [0.4, 0.5) is 4.39 Å². The minimum Gasteiger partial charge on any atom is -0.486 e. The molecule has 0 N–H and O–H groups in total. The van der Waals surface area contributed by atoms with E-state index in [1.54, 1.807) is 27.9 Å². The Morgan fingerprint density at radius 2 is 2.00 bits per heavy atom. The maximum absolute atomic E-state index is 13.5. The van der Waals surface area contributed by atoms with Gasteiger partial charge in [0.15, 0.2) is 0 Å². The quantitative estimate of drug-likeness (QED) is 0.671. The molecule has 0 aliphatic carbocycles. The summed E-state index contributed by atoms with van der Waals surface area (Å²) >= 11 is 0. The number of nitrogens with zero attached hydrogens (tertiary/aromatic N) is 4. The van der Waals surface area contributed by atoms with Crippen LogP contribution < -0.4 is 4.74 Å². The summed E-state index contributed by atoms with van der Waals surface area (Å²) in [7, 11) is 3.71. The SMILES string of the molecule is CN1C(=O)c2ccc(-c3cnn(C)c3)cc2O[C@H]2CN(Cc3cccc(F)c3)C[C@H]21. The van der Waals surface area contributed by atoms with Crippen molar-refractivity contribution in [2.75, 3.05) is 20.1 Å². The smallest absolute Gasteiger partial charge is 0.257 e. The van der Waals surface area contributed by atoms with E-state index in [-0.39, 0.29) is 23.9 Å². The zero-order valence-electron chi connectivity index (χ0n) is 17.0. The molecule has 1 saturated heterocycles. The van der Waals surface area contributed by atoms with Crippen molar-refractivity contribution < 1.29 is 13.9 Å². The Hall–Kier alpha value is -3.19. The van der Waals surface area contributed by atoms with Gasteiger partial charge in [0.1, 0.15) is 17.7 Å². The van der Waals surface area contributed by atoms with Crippen molar-refractivity contribution in [3.05, 3.63) is 71.8 Å². The van der Waals surface area contributed by atoms with Crippen molar-refractivity contribution in [2.45, 2.75) is 18.7 Å². The first-order chi connectivity index (χ1) is 14.5. The van der Waals surface area contributed by atoms with E-state index in [9.17, 15) is 9.18 Å². The van der Waals surface area contributed by atoms with Gasteiger partial charge in [-0.25, -0.2) is 4.39 Å². The van der Waals surface area contributed by atoms with Crippen molar-refractivity contribution >= 4 is 5.91 Å². The van der Waals surface area contributed by atoms with E-state index in [1.807, 2.05) is 44.6 Å². The minimum absolute atomic E-state index is 0.0390. The molecule has 0 radical (unpaired) electrons. The van der Waals surface area contributed by atoms with E-state index >= 15 is 0 Å². The van der Waals surface area contributed by atoms with E-state index < -0.39 is 0 Å². The van der Waals surface area contributed by atoms with Crippen molar-refractivity contribution in [1.82, 2.24) is 19.6 Å². The second-order valence-electron chi connectivity index (χ2n) is 8.08. The standard InChI is InChI=1S/C23H23FN4O2/c1-26-12-17(10-25-26)16-6-7-19-21(9-16)30-22-14-28(13-20(22)27(2)23(19)29)11-15-4-3-5-18(24)8-15/h3-10,12,20,22H,11,13-14H2,1-2H3/t20-,22+/m1/s1. The molecular weight excluding hydrogens is 383 g/mol. The van der Waals surface area contributed by atoms with E-state index in [1.165, 1.54) is 6.07 Å². The van der Waals surface area contributed by atoms with Gasteiger partial charge in [0.2, 0.25) is 0 Å². The lowest BCUT2D eigenvalue weighted by atomic mass is 10.1. The molecule has 2 aliphatic heterocycles. The Morgan fingerprint density at radius 3 is 2.77 bits per heavy atom. The number of amides is 1. The summed E-state index contributed by atoms with van der Waals surface area (Å²) in [4.78, 5) is 17.1. The van der Waals surface area contributed by atoms with Crippen molar-refractivity contribution in [2.24, 2.45) is 7.05 Å². The highest BCUT2D eigenvalue weighted by molar-refractivity contribution is 5.98. The number of aryl methyl sites for hydroxylation is 1. The largest absolute Gasteiger partial charge is 0.486 e. The number of hydrogen-bond donors (Lipinski definition) is 0. The lowest BCUT2D eigenvalue weighted by Crippen LogP contribution is -2.44. The third kappa shape index (κ3) is 3.35. The highest BCUT2D eigenvalue weighted by atomic mass is 19.1. The van der Waals surface area contributed by atoms with Crippen LogP contribution in [0.1, 0.15) is 15.9 Å². The number of likely N-dealkylation sites (tertiary alicyclic amines) is 1. The molecule has 30 heavy (non-hydrogen) atoms. The number of carbonyl (C=O) groups excluding carboxylic acids is 1. The highest BCUT2D eigenvalue weighted by Crippen LogP contribution is 2.34. The van der Waals surface area contributed by atoms with Crippen LogP contribution in [-0.2, 0) is 13.6 Å². The zero-order chi connectivity index (χ0) is 20.8. The number of carbonyl (C=O) groups is 1. The first-order valence-corrected chi connectivity index (χ1v) is 10.0. The van der Waals surface area contributed by atoms with Gasteiger partial charge in [-0.2, -0.15) is 5.10 Å². The minimum atomic E-state index is -0.235. The predicted molar refractivity (Wildman–Crippen MR) is 111 cm³/mol. The van der Waals surface area contributed by atoms with Crippen LogP contribution in [0.5, 0.6) is 5.75 Å². The Balaban J connectivity index is 1.41. The molecule has 1 fully saturated rings. The van der Waals surface area contributed by atoms with Crippen molar-refractivity contribution in [1.29, 1.82) is 0 Å². The fourth-order valence-corrected chi connectivity index (χ4v) is 4.39. The Bertz CT molecular complexity index is 1110. The average molecular weight is 406 g/mol. The van der Waals surface area contributed by atoms with E-state index in [0.29, 0.717) is 30.9 Å². The molecule has 3 heterocycles. The van der Waals surface area contributed by atoms with Crippen LogP contribution in [0.15, 0.2) is 54.9 Å². The molecule has 2 aromatic carbocycles. The monoisotopic (exact) mass is 406 g/mol. The van der Waals surface area contributed by atoms with Crippen LogP contribution in [0, 0.1) is 5.82 Å². The molecule has 7 heteroatoms. The summed E-state index contributed by atoms with van der Waals surface area (Å²) in [6.45, 7) is 1.99. The summed E-state index contributed by atoms with van der Waals surface area (Å²) in [6.07, 6.45) is 3.59. The Kier molecular flexibility index (Phi) is 4.55. The average Bonchev–Trinajstić information content (AvgIpc) is 3.31. The lowest BCUT2D eigenvalue weighted by molar-refractivity contribution is 0.0682. The maximum Gasteiger partial charge on any atom is 0.257 e. The molecule has 2 aliphatic rings. The molecule has 2 atom stereocenters. The fourth-order valence-electron chi connectivity index (χ4n) is 4.39. The topological polar surface area (TPSA) is 50.6 Å². The molecule has 3 aromatic rings. The molecule has 0 spiro atoms. The normalized spacial score (nSPS) is 21.2. The van der Waals surface area contributed by atoms with Gasteiger partial charge >= 0.3 is 0 Å². The van der Waals surface area contributed by atoms with Gasteiger partial charge < -0.3 is 9.64 Å². The fraction of sp³-hybridized carbons (Fsp3) is 0.304. The third-order valence-corrected chi connectivity index (χ3v) is 5.95. The number of hydrogen-bond acceptors (Lipinski definition) is 4. The molecule has 6 nitrogen and oxygen atoms in total. The van der Waals surface area contributed by atoms with E-state index in [4.69, 9.17) is 4.74 Å². The third-order valence-electron chi connectivity index (χ3n) is 5.95. The zero-order valence-corrected chi connectivity index (χ0v) is 17.0. The number of halogens is 1. The molecule has 1 amide bonds. The van der Waals surface area contributed by atoms with E-state index in [0.717, 1.165) is 16.7 Å². The summed E-state index contributed by atoms with van der Waals surface area (Å²) in [5.74, 6) is 0.331. The van der Waals surface area contributed by atoms with Crippen LogP contribution in [-0.4, -0.2) is 57.8 Å². The molecule has 1 aromatic heterocycles. The van der Waals surface area contributed by atoms with Crippen LogP contribution >= 0.6 is 0 Å². The number of fused-ring (bicyclic) bond motifs is 2. The highest BCUT2D eigenvalue weighted by Gasteiger charge is 2.42. The van der Waals surface area contributed by atoms with Gasteiger partial charge in [-0.3, -0.25) is 14.4 Å². The Labute approximate surface area is 174 Å². The van der Waals surface area contributed by atoms with Gasteiger partial charge in [-0.05, 0) is 35.4 Å². The number of likely N-dealkylation sites (N-methyl/N-ethyl adjacent to an activating group) is 1.